The van der Waals surface area contributed by atoms with Gasteiger partial charge < -0.3 is 4.90 Å². The molecule has 11 heavy (non-hydrogen) atoms. The summed E-state index contributed by atoms with van der Waals surface area (Å²) in [6.45, 7) is 8.59. The Balaban J connectivity index is 3.85. The first kappa shape index (κ1) is 9.69. The van der Waals surface area contributed by atoms with Gasteiger partial charge in [-0.15, -0.1) is 13.2 Å². The van der Waals surface area contributed by atoms with E-state index in [0.29, 0.717) is 13.1 Å². The number of nitrogens with zero attached hydrogens (tertiary/aromatic N) is 1. The highest BCUT2D eigenvalue weighted by Crippen LogP contribution is 1.89. The van der Waals surface area contributed by atoms with Gasteiger partial charge in [-0.05, 0) is 0 Å². The topological polar surface area (TPSA) is 20.3 Å². The summed E-state index contributed by atoms with van der Waals surface area (Å²) < 4.78 is 0. The molecule has 2 heteroatoms. The molecule has 0 heterocycles. The Morgan fingerprint density at radius 3 is 2.18 bits per heavy atom. The molecule has 0 aliphatic rings. The Kier molecular flexibility index (Phi) is 5.99. The molecular weight excluding hydrogens is 138 g/mol. The summed E-state index contributed by atoms with van der Waals surface area (Å²) in [6.07, 6.45) is 8.19. The fraction of sp³-hybridized carbons (Fsp3) is 0.222. The van der Waals surface area contributed by atoms with E-state index in [0.717, 1.165) is 0 Å². The molecule has 0 aliphatic carbocycles. The molecule has 0 rings (SSSR count). The molecule has 0 aliphatic heterocycles. The van der Waals surface area contributed by atoms with Crippen LogP contribution in [-0.4, -0.2) is 24.3 Å². The Labute approximate surface area is 67.5 Å². The van der Waals surface area contributed by atoms with Crippen LogP contribution in [0.1, 0.15) is 0 Å². The maximum absolute atomic E-state index is 9.83. The SMILES string of the molecule is C=CCN(/C=C/[C]=O)CC=C. The van der Waals surface area contributed by atoms with E-state index < -0.39 is 0 Å². The fourth-order valence-electron chi connectivity index (χ4n) is 0.664. The van der Waals surface area contributed by atoms with Crippen LogP contribution < -0.4 is 0 Å². The second-order valence-electron chi connectivity index (χ2n) is 1.96. The molecular formula is C9H12NO. The standard InChI is InChI=1S/C9H12NO/c1-3-6-10(7-4-2)8-5-9-11/h3-5,8H,1-2,6-7H2/b8-5+. The minimum atomic E-state index is 0.712. The van der Waals surface area contributed by atoms with Crippen molar-refractivity contribution in [2.75, 3.05) is 13.1 Å². The predicted molar refractivity (Wildman–Crippen MR) is 46.8 cm³/mol. The van der Waals surface area contributed by atoms with Gasteiger partial charge in [0, 0.05) is 25.4 Å². The van der Waals surface area contributed by atoms with Gasteiger partial charge in [0.1, 0.15) is 0 Å². The third kappa shape index (κ3) is 5.15. The van der Waals surface area contributed by atoms with Crippen LogP contribution in [0, 0.1) is 0 Å². The van der Waals surface area contributed by atoms with E-state index in [1.165, 1.54) is 6.08 Å². The zero-order valence-electron chi connectivity index (χ0n) is 6.49. The molecule has 59 valence electrons. The van der Waals surface area contributed by atoms with Gasteiger partial charge >= 0.3 is 0 Å². The average molecular weight is 150 g/mol. The first-order chi connectivity index (χ1) is 5.35. The molecule has 0 aromatic carbocycles. The van der Waals surface area contributed by atoms with Crippen LogP contribution in [0.25, 0.3) is 0 Å². The van der Waals surface area contributed by atoms with Crippen molar-refractivity contribution in [3.8, 4) is 0 Å². The summed E-state index contributed by atoms with van der Waals surface area (Å²) in [7, 11) is 0. The smallest absolute Gasteiger partial charge is 0.227 e. The van der Waals surface area contributed by atoms with Crippen molar-refractivity contribution in [2.24, 2.45) is 0 Å². The zero-order valence-corrected chi connectivity index (χ0v) is 6.49. The lowest BCUT2D eigenvalue weighted by Gasteiger charge is -2.14. The van der Waals surface area contributed by atoms with Crippen LogP contribution >= 0.6 is 0 Å². The number of hydrogen-bond donors (Lipinski definition) is 0. The molecule has 0 bridgehead atoms. The number of hydrogen-bond acceptors (Lipinski definition) is 2. The predicted octanol–water partition coefficient (Wildman–Crippen LogP) is 1.28. The quantitative estimate of drug-likeness (QED) is 0.420. The van der Waals surface area contributed by atoms with Crippen LogP contribution in [0.4, 0.5) is 0 Å². The summed E-state index contributed by atoms with van der Waals surface area (Å²) >= 11 is 0. The molecule has 0 aromatic heterocycles. The van der Waals surface area contributed by atoms with Gasteiger partial charge in [0.05, 0.1) is 0 Å². The Morgan fingerprint density at radius 2 is 1.82 bits per heavy atom. The van der Waals surface area contributed by atoms with Gasteiger partial charge in [-0.1, -0.05) is 12.2 Å². The van der Waals surface area contributed by atoms with Crippen LogP contribution in [0.2, 0.25) is 0 Å². The molecule has 0 amide bonds. The van der Waals surface area contributed by atoms with Crippen LogP contribution in [0.15, 0.2) is 37.6 Å². The number of allylic oxidation sites excluding steroid dienone is 1. The molecule has 1 radical (unpaired) electrons. The molecule has 0 atom stereocenters. The van der Waals surface area contributed by atoms with E-state index in [1.807, 2.05) is 4.90 Å². The Hall–Kier alpha value is -1.31. The van der Waals surface area contributed by atoms with Crippen molar-refractivity contribution in [1.82, 2.24) is 4.90 Å². The summed E-state index contributed by atoms with van der Waals surface area (Å²) in [6, 6.07) is 0. The maximum atomic E-state index is 9.83. The van der Waals surface area contributed by atoms with Gasteiger partial charge in [-0.2, -0.15) is 0 Å². The van der Waals surface area contributed by atoms with Crippen molar-refractivity contribution in [3.63, 3.8) is 0 Å². The van der Waals surface area contributed by atoms with Crippen LogP contribution in [-0.2, 0) is 4.79 Å². The third-order valence-corrected chi connectivity index (χ3v) is 1.08. The maximum Gasteiger partial charge on any atom is 0.227 e. The average Bonchev–Trinajstić information content (AvgIpc) is 2.01. The second kappa shape index (κ2) is 6.81. The first-order valence-electron chi connectivity index (χ1n) is 3.35. The molecule has 0 N–H and O–H groups in total. The third-order valence-electron chi connectivity index (χ3n) is 1.08. The molecule has 0 saturated heterocycles. The normalized spacial score (nSPS) is 9.45. The molecule has 0 fully saturated rings. The minimum absolute atomic E-state index is 0.712. The highest BCUT2D eigenvalue weighted by Gasteiger charge is 1.89. The van der Waals surface area contributed by atoms with E-state index in [2.05, 4.69) is 13.2 Å². The van der Waals surface area contributed by atoms with Crippen molar-refractivity contribution in [1.29, 1.82) is 0 Å². The molecule has 0 saturated carbocycles. The lowest BCUT2D eigenvalue weighted by molar-refractivity contribution is 0.462. The van der Waals surface area contributed by atoms with E-state index in [9.17, 15) is 4.79 Å². The monoisotopic (exact) mass is 150 g/mol. The molecule has 0 aromatic rings. The lowest BCUT2D eigenvalue weighted by Crippen LogP contribution is -2.16. The van der Waals surface area contributed by atoms with Crippen molar-refractivity contribution in [3.05, 3.63) is 37.6 Å². The van der Waals surface area contributed by atoms with Gasteiger partial charge in [-0.3, -0.25) is 4.79 Å². The van der Waals surface area contributed by atoms with Crippen LogP contribution in [0.5, 0.6) is 0 Å². The van der Waals surface area contributed by atoms with Gasteiger partial charge in [-0.25, -0.2) is 0 Å². The summed E-state index contributed by atoms with van der Waals surface area (Å²) in [5, 5.41) is 0. The number of rotatable bonds is 6. The van der Waals surface area contributed by atoms with E-state index in [4.69, 9.17) is 0 Å². The van der Waals surface area contributed by atoms with E-state index in [1.54, 1.807) is 24.6 Å². The summed E-state index contributed by atoms with van der Waals surface area (Å²) in [4.78, 5) is 11.7. The summed E-state index contributed by atoms with van der Waals surface area (Å²) in [5.74, 6) is 0. The van der Waals surface area contributed by atoms with Crippen molar-refractivity contribution >= 4 is 6.29 Å². The second-order valence-corrected chi connectivity index (χ2v) is 1.96. The van der Waals surface area contributed by atoms with Gasteiger partial charge in [0.2, 0.25) is 6.29 Å². The highest BCUT2D eigenvalue weighted by atomic mass is 16.1. The largest absolute Gasteiger partial charge is 0.370 e. The van der Waals surface area contributed by atoms with Crippen molar-refractivity contribution < 1.29 is 4.79 Å². The minimum Gasteiger partial charge on any atom is -0.370 e. The highest BCUT2D eigenvalue weighted by molar-refractivity contribution is 5.65. The van der Waals surface area contributed by atoms with Gasteiger partial charge in [0.15, 0.2) is 0 Å². The fourth-order valence-corrected chi connectivity index (χ4v) is 0.664. The molecule has 0 unspecified atom stereocenters. The van der Waals surface area contributed by atoms with Crippen LogP contribution in [0.3, 0.4) is 0 Å². The Morgan fingerprint density at radius 1 is 1.27 bits per heavy atom. The first-order valence-corrected chi connectivity index (χ1v) is 3.35. The molecule has 0 spiro atoms. The van der Waals surface area contributed by atoms with E-state index >= 15 is 0 Å². The lowest BCUT2D eigenvalue weighted by atomic mass is 10.4. The Bertz CT molecular complexity index is 151. The van der Waals surface area contributed by atoms with Crippen molar-refractivity contribution in [2.45, 2.75) is 0 Å². The van der Waals surface area contributed by atoms with E-state index in [-0.39, 0.29) is 0 Å². The summed E-state index contributed by atoms with van der Waals surface area (Å²) in [5.41, 5.74) is 0. The van der Waals surface area contributed by atoms with Gasteiger partial charge in [0.25, 0.3) is 0 Å². The zero-order chi connectivity index (χ0) is 8.53. The number of carbonyl (C=O) groups excluding carboxylic acids is 1. The molecule has 2 nitrogen and oxygen atoms in total.